The molecule has 3 rings (SSSR count). The average molecular weight is 289 g/mol. The molecule has 3 nitrogen and oxygen atoms in total. The summed E-state index contributed by atoms with van der Waals surface area (Å²) in [5.74, 6) is 0. The minimum Gasteiger partial charge on any atom is -0.362 e. The topological polar surface area (TPSA) is 27.6 Å². The first-order valence-corrected chi connectivity index (χ1v) is 7.41. The molecule has 3 heteroatoms. The van der Waals surface area contributed by atoms with Gasteiger partial charge in [0.1, 0.15) is 0 Å². The lowest BCUT2D eigenvalue weighted by Crippen LogP contribution is -2.31. The summed E-state index contributed by atoms with van der Waals surface area (Å²) in [5, 5.41) is 4.36. The molecule has 0 aliphatic carbocycles. The Morgan fingerprint density at radius 1 is 0.955 bits per heavy atom. The Labute approximate surface area is 131 Å². The monoisotopic (exact) mass is 289 g/mol. The van der Waals surface area contributed by atoms with Crippen LogP contribution in [0.2, 0.25) is 0 Å². The first-order valence-electron chi connectivity index (χ1n) is 7.41. The highest BCUT2D eigenvalue weighted by atomic mass is 15.3. The molecule has 2 aromatic carbocycles. The van der Waals surface area contributed by atoms with Crippen molar-refractivity contribution < 1.29 is 0 Å². The van der Waals surface area contributed by atoms with Crippen LogP contribution in [-0.4, -0.2) is 17.2 Å². The van der Waals surface area contributed by atoms with Crippen LogP contribution >= 0.6 is 0 Å². The van der Waals surface area contributed by atoms with Gasteiger partial charge in [-0.3, -0.25) is 5.43 Å². The molecular formula is C19H19N3. The Balaban J connectivity index is 1.63. The van der Waals surface area contributed by atoms with Crippen LogP contribution in [0.15, 0.2) is 90.2 Å². The second kappa shape index (κ2) is 7.27. The van der Waals surface area contributed by atoms with Gasteiger partial charge in [-0.05, 0) is 23.8 Å². The quantitative estimate of drug-likeness (QED) is 0.664. The highest BCUT2D eigenvalue weighted by molar-refractivity contribution is 5.69. The predicted molar refractivity (Wildman–Crippen MR) is 92.6 cm³/mol. The summed E-state index contributed by atoms with van der Waals surface area (Å²) >= 11 is 0. The molecule has 2 aromatic rings. The minimum absolute atomic E-state index is 0.154. The van der Waals surface area contributed by atoms with Gasteiger partial charge in [0.25, 0.3) is 0 Å². The van der Waals surface area contributed by atoms with Crippen molar-refractivity contribution in [1.82, 2.24) is 4.90 Å². The first kappa shape index (κ1) is 14.1. The maximum absolute atomic E-state index is 4.36. The Kier molecular flexibility index (Phi) is 4.67. The molecule has 1 aliphatic heterocycles. The van der Waals surface area contributed by atoms with Gasteiger partial charge in [-0.15, -0.1) is 0 Å². The minimum atomic E-state index is 0.154. The summed E-state index contributed by atoms with van der Waals surface area (Å²) in [4.78, 5) is 2.26. The molecule has 22 heavy (non-hydrogen) atoms. The van der Waals surface area contributed by atoms with Crippen molar-refractivity contribution in [3.63, 3.8) is 0 Å². The number of hydrazone groups is 1. The highest BCUT2D eigenvalue weighted by Crippen LogP contribution is 2.13. The van der Waals surface area contributed by atoms with Crippen molar-refractivity contribution in [1.29, 1.82) is 0 Å². The molecule has 1 N–H and O–H groups in total. The SMILES string of the molecule is C1=CC(/C=N/Nc2ccccc2)N(Cc2ccccc2)C=C1. The summed E-state index contributed by atoms with van der Waals surface area (Å²) in [6, 6.07) is 20.6. The number of nitrogens with one attached hydrogen (secondary N) is 1. The van der Waals surface area contributed by atoms with Crippen LogP contribution in [-0.2, 0) is 6.54 Å². The molecule has 0 saturated carbocycles. The summed E-state index contributed by atoms with van der Waals surface area (Å²) in [6.07, 6.45) is 10.3. The van der Waals surface area contributed by atoms with Gasteiger partial charge in [-0.1, -0.05) is 60.7 Å². The van der Waals surface area contributed by atoms with Crippen LogP contribution in [0.4, 0.5) is 5.69 Å². The van der Waals surface area contributed by atoms with Gasteiger partial charge in [0, 0.05) is 12.7 Å². The zero-order chi connectivity index (χ0) is 15.0. The lowest BCUT2D eigenvalue weighted by atomic mass is 10.1. The van der Waals surface area contributed by atoms with E-state index in [1.807, 2.05) is 42.6 Å². The number of rotatable bonds is 5. The molecule has 0 bridgehead atoms. The van der Waals surface area contributed by atoms with Gasteiger partial charge in [0.05, 0.1) is 17.9 Å². The second-order valence-corrected chi connectivity index (χ2v) is 5.13. The van der Waals surface area contributed by atoms with Crippen LogP contribution in [0.5, 0.6) is 0 Å². The normalized spacial score (nSPS) is 17.1. The van der Waals surface area contributed by atoms with Crippen molar-refractivity contribution >= 4 is 11.9 Å². The van der Waals surface area contributed by atoms with E-state index in [2.05, 4.69) is 64.1 Å². The molecule has 1 atom stereocenters. The summed E-state index contributed by atoms with van der Waals surface area (Å²) < 4.78 is 0. The first-order chi connectivity index (χ1) is 10.9. The van der Waals surface area contributed by atoms with Crippen LogP contribution in [0.3, 0.4) is 0 Å². The van der Waals surface area contributed by atoms with Gasteiger partial charge in [0.15, 0.2) is 0 Å². The Morgan fingerprint density at radius 3 is 2.45 bits per heavy atom. The average Bonchev–Trinajstić information content (AvgIpc) is 2.58. The lowest BCUT2D eigenvalue weighted by Gasteiger charge is -2.27. The number of nitrogens with zero attached hydrogens (tertiary/aromatic N) is 2. The molecular weight excluding hydrogens is 270 g/mol. The zero-order valence-electron chi connectivity index (χ0n) is 12.3. The third kappa shape index (κ3) is 3.85. The zero-order valence-corrected chi connectivity index (χ0v) is 12.3. The van der Waals surface area contributed by atoms with Crippen LogP contribution in [0, 0.1) is 0 Å². The summed E-state index contributed by atoms with van der Waals surface area (Å²) in [7, 11) is 0. The van der Waals surface area contributed by atoms with E-state index in [9.17, 15) is 0 Å². The Bertz CT molecular complexity index is 660. The molecule has 0 saturated heterocycles. The van der Waals surface area contributed by atoms with Crippen molar-refractivity contribution in [3.8, 4) is 0 Å². The number of anilines is 1. The maximum atomic E-state index is 4.36. The third-order valence-electron chi connectivity index (χ3n) is 3.48. The number of para-hydroxylation sites is 1. The van der Waals surface area contributed by atoms with Crippen LogP contribution < -0.4 is 5.43 Å². The molecule has 0 amide bonds. The molecule has 0 radical (unpaired) electrons. The fourth-order valence-corrected chi connectivity index (χ4v) is 2.34. The van der Waals surface area contributed by atoms with E-state index in [4.69, 9.17) is 0 Å². The van der Waals surface area contributed by atoms with Gasteiger partial charge in [-0.25, -0.2) is 0 Å². The van der Waals surface area contributed by atoms with Crippen molar-refractivity contribution in [2.24, 2.45) is 5.10 Å². The molecule has 0 fully saturated rings. The largest absolute Gasteiger partial charge is 0.362 e. The van der Waals surface area contributed by atoms with Crippen molar-refractivity contribution in [2.45, 2.75) is 12.6 Å². The number of benzene rings is 2. The van der Waals surface area contributed by atoms with E-state index in [0.717, 1.165) is 12.2 Å². The van der Waals surface area contributed by atoms with Crippen LogP contribution in [0.25, 0.3) is 0 Å². The van der Waals surface area contributed by atoms with Crippen molar-refractivity contribution in [2.75, 3.05) is 5.43 Å². The Morgan fingerprint density at radius 2 is 1.68 bits per heavy atom. The van der Waals surface area contributed by atoms with E-state index in [1.165, 1.54) is 5.56 Å². The standard InChI is InChI=1S/C19H19N3/c1-3-9-17(10-4-1)16-22-14-8-7-13-19(22)15-20-21-18-11-5-2-6-12-18/h1-15,19,21H,16H2/b20-15+. The van der Waals surface area contributed by atoms with Gasteiger partial charge in [0.2, 0.25) is 0 Å². The lowest BCUT2D eigenvalue weighted by molar-refractivity contribution is 0.367. The third-order valence-corrected chi connectivity index (χ3v) is 3.48. The molecule has 1 unspecified atom stereocenters. The number of allylic oxidation sites excluding steroid dienone is 2. The maximum Gasteiger partial charge on any atom is 0.0847 e. The fraction of sp³-hybridized carbons (Fsp3) is 0.105. The number of hydrogen-bond donors (Lipinski definition) is 1. The fourth-order valence-electron chi connectivity index (χ4n) is 2.34. The smallest absolute Gasteiger partial charge is 0.0847 e. The molecule has 1 heterocycles. The molecule has 1 aliphatic rings. The van der Waals surface area contributed by atoms with Gasteiger partial charge < -0.3 is 4.90 Å². The van der Waals surface area contributed by atoms with E-state index in [0.29, 0.717) is 0 Å². The summed E-state index contributed by atoms with van der Waals surface area (Å²) in [6.45, 7) is 0.865. The summed E-state index contributed by atoms with van der Waals surface area (Å²) in [5.41, 5.74) is 5.34. The highest BCUT2D eigenvalue weighted by Gasteiger charge is 2.12. The van der Waals surface area contributed by atoms with Crippen molar-refractivity contribution in [3.05, 3.63) is 90.7 Å². The van der Waals surface area contributed by atoms with Gasteiger partial charge in [-0.2, -0.15) is 5.10 Å². The second-order valence-electron chi connectivity index (χ2n) is 5.13. The van der Waals surface area contributed by atoms with E-state index >= 15 is 0 Å². The number of hydrogen-bond acceptors (Lipinski definition) is 3. The van der Waals surface area contributed by atoms with Gasteiger partial charge >= 0.3 is 0 Å². The van der Waals surface area contributed by atoms with E-state index < -0.39 is 0 Å². The predicted octanol–water partition coefficient (Wildman–Crippen LogP) is 4.04. The molecule has 110 valence electrons. The van der Waals surface area contributed by atoms with E-state index in [1.54, 1.807) is 0 Å². The van der Waals surface area contributed by atoms with E-state index in [-0.39, 0.29) is 6.04 Å². The molecule has 0 aromatic heterocycles. The Hall–Kier alpha value is -2.81. The molecule has 0 spiro atoms. The van der Waals surface area contributed by atoms with Crippen LogP contribution in [0.1, 0.15) is 5.56 Å².